The molecule has 0 saturated carbocycles. The number of hydrogen-bond donors (Lipinski definition) is 1. The van der Waals surface area contributed by atoms with Crippen LogP contribution in [-0.2, 0) is 12.6 Å². The number of benzene rings is 1. The van der Waals surface area contributed by atoms with Crippen LogP contribution in [0.3, 0.4) is 0 Å². The summed E-state index contributed by atoms with van der Waals surface area (Å²) in [7, 11) is 0. The molecule has 0 fully saturated rings. The van der Waals surface area contributed by atoms with Crippen LogP contribution in [0.25, 0.3) is 5.69 Å². The van der Waals surface area contributed by atoms with Gasteiger partial charge in [-0.3, -0.25) is 0 Å². The standard InChI is InChI=1S/C21H17F5N4O4.CH3.Cs/c1-10(11-5-6-15-16(7-11)34-21(25,26)33-15)32-17-8-12(9-27-28-17)30-18-13(3-2-4-14(18)31)19(29-30)20(22,23)24;;/h5-10,14,31H,2-4H2,1H3;1H3;/q;-1;+1/t10-,14?;;/m0../s1. The van der Waals surface area contributed by atoms with Gasteiger partial charge in [0.25, 0.3) is 0 Å². The van der Waals surface area contributed by atoms with Crippen LogP contribution in [0.15, 0.2) is 30.5 Å². The van der Waals surface area contributed by atoms with Gasteiger partial charge in [-0.25, -0.2) is 4.68 Å². The molecule has 0 amide bonds. The fourth-order valence-corrected chi connectivity index (χ4v) is 4.06. The van der Waals surface area contributed by atoms with Gasteiger partial charge in [-0.15, -0.1) is 13.9 Å². The zero-order valence-corrected chi connectivity index (χ0v) is 25.8. The molecule has 3 aromatic rings. The molecular formula is C22H20CsF5N4O4. The van der Waals surface area contributed by atoms with Gasteiger partial charge in [0, 0.05) is 11.6 Å². The van der Waals surface area contributed by atoms with Crippen molar-refractivity contribution in [3.63, 3.8) is 0 Å². The number of hydrogen-bond acceptors (Lipinski definition) is 7. The van der Waals surface area contributed by atoms with Crippen LogP contribution < -0.4 is 83.1 Å². The van der Waals surface area contributed by atoms with Gasteiger partial charge in [-0.2, -0.15) is 23.4 Å². The van der Waals surface area contributed by atoms with E-state index < -0.39 is 30.4 Å². The van der Waals surface area contributed by atoms with Crippen molar-refractivity contribution in [2.75, 3.05) is 0 Å². The van der Waals surface area contributed by atoms with E-state index in [0.29, 0.717) is 18.4 Å². The van der Waals surface area contributed by atoms with Gasteiger partial charge in [-0.05, 0) is 43.9 Å². The fraction of sp³-hybridized carbons (Fsp3) is 0.364. The summed E-state index contributed by atoms with van der Waals surface area (Å²) in [6, 6.07) is 5.47. The molecule has 36 heavy (non-hydrogen) atoms. The number of aliphatic hydroxyl groups excluding tert-OH is 1. The molecule has 1 aliphatic heterocycles. The van der Waals surface area contributed by atoms with Crippen molar-refractivity contribution >= 4 is 0 Å². The second kappa shape index (κ2) is 10.7. The Kier molecular flexibility index (Phi) is 8.70. The maximum absolute atomic E-state index is 13.5. The minimum absolute atomic E-state index is 0. The predicted molar refractivity (Wildman–Crippen MR) is 110 cm³/mol. The Bertz CT molecular complexity index is 1250. The summed E-state index contributed by atoms with van der Waals surface area (Å²) >= 11 is 0. The molecule has 3 heterocycles. The molecule has 1 aliphatic carbocycles. The van der Waals surface area contributed by atoms with E-state index in [4.69, 9.17) is 4.74 Å². The smallest absolute Gasteiger partial charge is 0.469 e. The van der Waals surface area contributed by atoms with Crippen LogP contribution in [0.5, 0.6) is 17.4 Å². The summed E-state index contributed by atoms with van der Waals surface area (Å²) in [5, 5.41) is 21.7. The molecule has 0 radical (unpaired) electrons. The number of halogens is 5. The van der Waals surface area contributed by atoms with Crippen molar-refractivity contribution in [2.24, 2.45) is 0 Å². The van der Waals surface area contributed by atoms with Crippen molar-refractivity contribution < 1.29 is 110 Å². The molecule has 188 valence electrons. The number of ether oxygens (including phenoxy) is 3. The predicted octanol–water partition coefficient (Wildman–Crippen LogP) is 1.97. The SMILES string of the molecule is C[C@H](Oc1cc(-n2nc(C(F)(F)F)c3c2C(O)CCC3)cnn1)c1ccc2c(c1)OC(F)(F)O2.[CH3-].[Cs+]. The van der Waals surface area contributed by atoms with Crippen LogP contribution >= 0.6 is 0 Å². The Balaban J connectivity index is 0.00000180. The van der Waals surface area contributed by atoms with Crippen molar-refractivity contribution in [1.29, 1.82) is 0 Å². The van der Waals surface area contributed by atoms with Gasteiger partial charge in [0.15, 0.2) is 17.2 Å². The minimum atomic E-state index is -4.68. The van der Waals surface area contributed by atoms with Crippen LogP contribution in [0.4, 0.5) is 22.0 Å². The number of aromatic nitrogens is 4. The summed E-state index contributed by atoms with van der Waals surface area (Å²) in [6.07, 6.45) is -8.21. The monoisotopic (exact) mass is 632 g/mol. The zero-order valence-electron chi connectivity index (χ0n) is 19.5. The Morgan fingerprint density at radius 1 is 1.19 bits per heavy atom. The van der Waals surface area contributed by atoms with Crippen molar-refractivity contribution in [1.82, 2.24) is 20.0 Å². The Morgan fingerprint density at radius 2 is 1.92 bits per heavy atom. The van der Waals surface area contributed by atoms with Gasteiger partial charge in [0.1, 0.15) is 6.10 Å². The third-order valence-electron chi connectivity index (χ3n) is 5.57. The first kappa shape index (κ1) is 29.1. The molecule has 1 aromatic carbocycles. The molecule has 2 atom stereocenters. The van der Waals surface area contributed by atoms with Crippen LogP contribution in [0, 0.1) is 7.43 Å². The van der Waals surface area contributed by atoms with E-state index in [1.807, 2.05) is 0 Å². The quantitative estimate of drug-likeness (QED) is 0.348. The van der Waals surface area contributed by atoms with Crippen molar-refractivity contribution in [2.45, 2.75) is 50.9 Å². The molecule has 0 spiro atoms. The number of alkyl halides is 5. The van der Waals surface area contributed by atoms with E-state index in [1.165, 1.54) is 30.5 Å². The summed E-state index contributed by atoms with van der Waals surface area (Å²) < 4.78 is 82.7. The summed E-state index contributed by atoms with van der Waals surface area (Å²) in [5.74, 6) is -0.323. The number of nitrogens with zero attached hydrogens (tertiary/aromatic N) is 4. The maximum Gasteiger partial charge on any atom is 1.00 e. The van der Waals surface area contributed by atoms with Gasteiger partial charge >= 0.3 is 81.4 Å². The largest absolute Gasteiger partial charge is 1.00 e. The molecule has 2 aliphatic rings. The Labute approximate surface area is 261 Å². The van der Waals surface area contributed by atoms with E-state index in [9.17, 15) is 27.1 Å². The molecule has 8 nitrogen and oxygen atoms in total. The first-order valence-electron chi connectivity index (χ1n) is 10.3. The van der Waals surface area contributed by atoms with Gasteiger partial charge < -0.3 is 26.7 Å². The number of aliphatic hydroxyl groups is 1. The second-order valence-corrected chi connectivity index (χ2v) is 7.92. The van der Waals surface area contributed by atoms with Gasteiger partial charge in [0.2, 0.25) is 5.88 Å². The van der Waals surface area contributed by atoms with Crippen molar-refractivity contribution in [3.05, 3.63) is 60.4 Å². The summed E-state index contributed by atoms with van der Waals surface area (Å²) in [5.41, 5.74) is -0.460. The molecule has 5 rings (SSSR count). The van der Waals surface area contributed by atoms with E-state index in [0.717, 1.165) is 4.68 Å². The molecule has 2 aromatic heterocycles. The third kappa shape index (κ3) is 5.68. The minimum Gasteiger partial charge on any atom is -0.469 e. The van der Waals surface area contributed by atoms with E-state index in [1.54, 1.807) is 6.92 Å². The molecule has 1 N–H and O–H groups in total. The van der Waals surface area contributed by atoms with E-state index in [2.05, 4.69) is 24.8 Å². The molecule has 0 saturated heterocycles. The number of fused-ring (bicyclic) bond motifs is 2. The summed E-state index contributed by atoms with van der Waals surface area (Å²) in [4.78, 5) is 0. The van der Waals surface area contributed by atoms with Crippen LogP contribution in [-0.4, -0.2) is 31.4 Å². The average Bonchev–Trinajstić information content (AvgIpc) is 3.30. The second-order valence-electron chi connectivity index (χ2n) is 7.92. The number of rotatable bonds is 4. The Morgan fingerprint density at radius 3 is 2.64 bits per heavy atom. The average molecular weight is 632 g/mol. The topological polar surface area (TPSA) is 91.5 Å². The fourth-order valence-electron chi connectivity index (χ4n) is 4.06. The maximum atomic E-state index is 13.5. The normalized spacial score (nSPS) is 18.5. The van der Waals surface area contributed by atoms with E-state index >= 15 is 0 Å². The zero-order chi connectivity index (χ0) is 24.3. The van der Waals surface area contributed by atoms with Crippen molar-refractivity contribution in [3.8, 4) is 23.1 Å². The molecule has 1 unspecified atom stereocenters. The van der Waals surface area contributed by atoms with Crippen LogP contribution in [0.2, 0.25) is 0 Å². The molecular weight excluding hydrogens is 612 g/mol. The molecule has 0 bridgehead atoms. The first-order valence-corrected chi connectivity index (χ1v) is 10.3. The van der Waals surface area contributed by atoms with Crippen LogP contribution in [0.1, 0.15) is 54.5 Å². The third-order valence-corrected chi connectivity index (χ3v) is 5.57. The van der Waals surface area contributed by atoms with Gasteiger partial charge in [-0.1, -0.05) is 6.07 Å². The first-order chi connectivity index (χ1) is 16.0. The van der Waals surface area contributed by atoms with Gasteiger partial charge in [0.05, 0.1) is 23.7 Å². The summed E-state index contributed by atoms with van der Waals surface area (Å²) in [6.45, 7) is 1.62. The van der Waals surface area contributed by atoms with E-state index in [-0.39, 0.29) is 117 Å². The Hall–Kier alpha value is -1.43. The molecule has 14 heteroatoms.